The molecule has 0 aromatic carbocycles. The lowest BCUT2D eigenvalue weighted by atomic mass is 9.88. The fraction of sp³-hybridized carbons (Fsp3) is 0.750. The molecular formula is C8H14N3O2+. The van der Waals surface area contributed by atoms with Crippen LogP contribution < -0.4 is 10.6 Å². The molecule has 0 bridgehead atoms. The fourth-order valence-corrected chi connectivity index (χ4v) is 2.06. The van der Waals surface area contributed by atoms with Crippen LogP contribution in [0.25, 0.3) is 0 Å². The third-order valence-corrected chi connectivity index (χ3v) is 2.92. The largest absolute Gasteiger partial charge is 0.346 e. The quantitative estimate of drug-likeness (QED) is 0.439. The third-order valence-electron chi connectivity index (χ3n) is 2.92. The number of nitrogens with one attached hydrogen (secondary N) is 1. The number of piperidine rings is 1. The molecule has 2 aliphatic heterocycles. The van der Waals surface area contributed by atoms with E-state index < -0.39 is 5.54 Å². The summed E-state index contributed by atoms with van der Waals surface area (Å²) in [6.07, 6.45) is 1.50. The Morgan fingerprint density at radius 2 is 2.00 bits per heavy atom. The monoisotopic (exact) mass is 184 g/mol. The second-order valence-corrected chi connectivity index (χ2v) is 3.74. The van der Waals surface area contributed by atoms with E-state index in [-0.39, 0.29) is 11.9 Å². The van der Waals surface area contributed by atoms with Gasteiger partial charge < -0.3 is 10.6 Å². The van der Waals surface area contributed by atoms with Gasteiger partial charge in [0.05, 0.1) is 13.1 Å². The zero-order chi connectivity index (χ0) is 9.47. The molecule has 72 valence electrons. The number of amides is 3. The van der Waals surface area contributed by atoms with Gasteiger partial charge in [-0.25, -0.2) is 4.79 Å². The molecule has 2 aliphatic rings. The molecule has 3 N–H and O–H groups in total. The highest BCUT2D eigenvalue weighted by Crippen LogP contribution is 2.24. The van der Waals surface area contributed by atoms with Crippen molar-refractivity contribution < 1.29 is 14.9 Å². The van der Waals surface area contributed by atoms with Crippen LogP contribution in [0.1, 0.15) is 12.8 Å². The summed E-state index contributed by atoms with van der Waals surface area (Å²) in [5.41, 5.74) is -0.569. The van der Waals surface area contributed by atoms with Crippen LogP contribution in [0.2, 0.25) is 0 Å². The van der Waals surface area contributed by atoms with E-state index in [1.165, 1.54) is 11.9 Å². The Morgan fingerprint density at radius 1 is 1.38 bits per heavy atom. The van der Waals surface area contributed by atoms with Gasteiger partial charge in [-0.1, -0.05) is 0 Å². The van der Waals surface area contributed by atoms with Crippen molar-refractivity contribution in [1.29, 1.82) is 0 Å². The Bertz CT molecular complexity index is 258. The molecule has 2 fully saturated rings. The standard InChI is InChI=1S/C8H13N3O2/c1-11-6(12)8(10-7(11)13)2-4-9-5-3-8/h9H,2-5H2,1H3,(H,10,13)/p+1. The van der Waals surface area contributed by atoms with Gasteiger partial charge in [0.25, 0.3) is 5.91 Å². The number of rotatable bonds is 0. The average Bonchev–Trinajstić information content (AvgIpc) is 2.33. The van der Waals surface area contributed by atoms with Crippen LogP contribution in [0.5, 0.6) is 0 Å². The Balaban J connectivity index is 2.23. The summed E-state index contributed by atoms with van der Waals surface area (Å²) >= 11 is 0. The summed E-state index contributed by atoms with van der Waals surface area (Å²) in [6, 6.07) is -0.257. The van der Waals surface area contributed by atoms with E-state index in [1.807, 2.05) is 0 Å². The van der Waals surface area contributed by atoms with Crippen LogP contribution >= 0.6 is 0 Å². The first-order chi connectivity index (χ1) is 6.16. The number of carbonyl (C=O) groups is 2. The topological polar surface area (TPSA) is 66.0 Å². The summed E-state index contributed by atoms with van der Waals surface area (Å²) in [5.74, 6) is -0.0643. The summed E-state index contributed by atoms with van der Waals surface area (Å²) in [6.45, 7) is 1.83. The maximum Gasteiger partial charge on any atom is 0.324 e. The Hall–Kier alpha value is -1.10. The molecule has 2 rings (SSSR count). The lowest BCUT2D eigenvalue weighted by molar-refractivity contribution is -0.664. The molecule has 0 aliphatic carbocycles. The minimum Gasteiger partial charge on any atom is -0.346 e. The summed E-state index contributed by atoms with van der Waals surface area (Å²) < 4.78 is 0. The number of hydrogen-bond donors (Lipinski definition) is 2. The number of imide groups is 1. The Kier molecular flexibility index (Phi) is 1.76. The fourth-order valence-electron chi connectivity index (χ4n) is 2.06. The van der Waals surface area contributed by atoms with Crippen molar-refractivity contribution in [3.8, 4) is 0 Å². The van der Waals surface area contributed by atoms with Crippen LogP contribution in [0, 0.1) is 0 Å². The number of hydrogen-bond acceptors (Lipinski definition) is 2. The van der Waals surface area contributed by atoms with Crippen molar-refractivity contribution in [2.75, 3.05) is 20.1 Å². The van der Waals surface area contributed by atoms with E-state index in [1.54, 1.807) is 0 Å². The molecule has 0 aromatic rings. The lowest BCUT2D eigenvalue weighted by Crippen LogP contribution is -2.88. The van der Waals surface area contributed by atoms with E-state index in [0.29, 0.717) is 0 Å². The second kappa shape index (κ2) is 2.70. The highest BCUT2D eigenvalue weighted by Gasteiger charge is 2.50. The van der Waals surface area contributed by atoms with Crippen LogP contribution in [-0.4, -0.2) is 42.5 Å². The smallest absolute Gasteiger partial charge is 0.324 e. The summed E-state index contributed by atoms with van der Waals surface area (Å²) in [7, 11) is 1.53. The highest BCUT2D eigenvalue weighted by molar-refractivity contribution is 6.06. The van der Waals surface area contributed by atoms with Crippen molar-refractivity contribution in [2.24, 2.45) is 0 Å². The van der Waals surface area contributed by atoms with Crippen molar-refractivity contribution in [3.63, 3.8) is 0 Å². The van der Waals surface area contributed by atoms with Crippen molar-refractivity contribution in [3.05, 3.63) is 0 Å². The molecule has 0 radical (unpaired) electrons. The predicted molar refractivity (Wildman–Crippen MR) is 44.9 cm³/mol. The lowest BCUT2D eigenvalue weighted by Gasteiger charge is -2.28. The van der Waals surface area contributed by atoms with Crippen LogP contribution in [0.3, 0.4) is 0 Å². The van der Waals surface area contributed by atoms with E-state index in [0.717, 1.165) is 25.9 Å². The molecule has 1 spiro atoms. The first kappa shape index (κ1) is 8.50. The molecule has 0 saturated carbocycles. The number of nitrogens with zero attached hydrogens (tertiary/aromatic N) is 1. The first-order valence-corrected chi connectivity index (χ1v) is 4.58. The first-order valence-electron chi connectivity index (χ1n) is 4.58. The second-order valence-electron chi connectivity index (χ2n) is 3.74. The minimum atomic E-state index is -0.569. The number of carbonyl (C=O) groups excluding carboxylic acids is 2. The van der Waals surface area contributed by atoms with Crippen LogP contribution in [0.15, 0.2) is 0 Å². The van der Waals surface area contributed by atoms with Gasteiger partial charge in [0.2, 0.25) is 0 Å². The zero-order valence-electron chi connectivity index (χ0n) is 7.67. The maximum absolute atomic E-state index is 11.7. The van der Waals surface area contributed by atoms with Gasteiger partial charge in [-0.05, 0) is 0 Å². The van der Waals surface area contributed by atoms with Crippen LogP contribution in [-0.2, 0) is 4.79 Å². The molecule has 2 heterocycles. The van der Waals surface area contributed by atoms with Gasteiger partial charge in [0.15, 0.2) is 0 Å². The molecule has 2 saturated heterocycles. The molecule has 3 amide bonds. The van der Waals surface area contributed by atoms with Gasteiger partial charge in [-0.15, -0.1) is 0 Å². The van der Waals surface area contributed by atoms with E-state index >= 15 is 0 Å². The summed E-state index contributed by atoms with van der Waals surface area (Å²) in [4.78, 5) is 24.1. The Labute approximate surface area is 76.5 Å². The normalized spacial score (nSPS) is 26.7. The van der Waals surface area contributed by atoms with Gasteiger partial charge in [0.1, 0.15) is 5.54 Å². The predicted octanol–water partition coefficient (Wildman–Crippen LogP) is -1.74. The zero-order valence-corrected chi connectivity index (χ0v) is 7.67. The molecule has 0 unspecified atom stereocenters. The minimum absolute atomic E-state index is 0.0643. The third kappa shape index (κ3) is 1.11. The van der Waals surface area contributed by atoms with Crippen LogP contribution in [0.4, 0.5) is 4.79 Å². The maximum atomic E-state index is 11.7. The molecule has 0 atom stereocenters. The van der Waals surface area contributed by atoms with Gasteiger partial charge >= 0.3 is 6.03 Å². The molecule has 0 aromatic heterocycles. The number of urea groups is 1. The van der Waals surface area contributed by atoms with Gasteiger partial charge in [0, 0.05) is 19.9 Å². The van der Waals surface area contributed by atoms with Crippen molar-refractivity contribution in [2.45, 2.75) is 18.4 Å². The number of nitrogens with two attached hydrogens (primary N) is 1. The van der Waals surface area contributed by atoms with E-state index in [4.69, 9.17) is 0 Å². The average molecular weight is 184 g/mol. The molecule has 5 heteroatoms. The highest BCUT2D eigenvalue weighted by atomic mass is 16.2. The molecular weight excluding hydrogens is 170 g/mol. The van der Waals surface area contributed by atoms with Crippen molar-refractivity contribution >= 4 is 11.9 Å². The van der Waals surface area contributed by atoms with Gasteiger partial charge in [-0.3, -0.25) is 9.69 Å². The Morgan fingerprint density at radius 3 is 2.46 bits per heavy atom. The summed E-state index contributed by atoms with van der Waals surface area (Å²) in [5, 5.41) is 4.96. The SMILES string of the molecule is CN1C(=O)NC2(CC[NH2+]CC2)C1=O. The number of quaternary nitrogens is 1. The molecule has 5 nitrogen and oxygen atoms in total. The molecule has 13 heavy (non-hydrogen) atoms. The number of likely N-dealkylation sites (N-methyl/N-ethyl adjacent to an activating group) is 1. The van der Waals surface area contributed by atoms with Crippen molar-refractivity contribution in [1.82, 2.24) is 10.2 Å². The van der Waals surface area contributed by atoms with E-state index in [2.05, 4.69) is 10.6 Å². The van der Waals surface area contributed by atoms with E-state index in [9.17, 15) is 9.59 Å². The van der Waals surface area contributed by atoms with Gasteiger partial charge in [-0.2, -0.15) is 0 Å².